The van der Waals surface area contributed by atoms with Gasteiger partial charge in [-0.3, -0.25) is 19.2 Å². The second-order valence-electron chi connectivity index (χ2n) is 7.51. The van der Waals surface area contributed by atoms with Crippen LogP contribution in [0, 0.1) is 11.3 Å². The Hall–Kier alpha value is -4.83. The van der Waals surface area contributed by atoms with Gasteiger partial charge in [0.2, 0.25) is 6.41 Å². The first-order valence-corrected chi connectivity index (χ1v) is 10.2. The van der Waals surface area contributed by atoms with E-state index in [1.54, 1.807) is 53.4 Å². The minimum Gasteiger partial charge on any atom is -0.412 e. The van der Waals surface area contributed by atoms with Gasteiger partial charge in [-0.2, -0.15) is 5.26 Å². The molecule has 0 spiro atoms. The van der Waals surface area contributed by atoms with E-state index < -0.39 is 11.8 Å². The highest BCUT2D eigenvalue weighted by Gasteiger charge is 2.18. The van der Waals surface area contributed by atoms with E-state index in [0.29, 0.717) is 34.9 Å². The van der Waals surface area contributed by atoms with Crippen LogP contribution in [0.25, 0.3) is 0 Å². The SMILES string of the molecule is Cn1cc(NC(=O)c2cc(NC(=O)c3cc(NC=O)cn3C)cn2C)cc1C(=O)NCCC#N.O. The molecule has 0 aliphatic rings. The molecule has 4 amide bonds. The fourth-order valence-corrected chi connectivity index (χ4v) is 3.37. The lowest BCUT2D eigenvalue weighted by Gasteiger charge is -2.03. The first-order valence-electron chi connectivity index (χ1n) is 10.2. The number of anilines is 3. The highest BCUT2D eigenvalue weighted by molar-refractivity contribution is 6.07. The van der Waals surface area contributed by atoms with Gasteiger partial charge >= 0.3 is 0 Å². The van der Waals surface area contributed by atoms with Gasteiger partial charge in [0.1, 0.15) is 17.1 Å². The van der Waals surface area contributed by atoms with Crippen LogP contribution in [0.2, 0.25) is 0 Å². The molecule has 0 unspecified atom stereocenters. The maximum atomic E-state index is 12.8. The van der Waals surface area contributed by atoms with Crippen LogP contribution < -0.4 is 21.3 Å². The van der Waals surface area contributed by atoms with Gasteiger partial charge in [-0.25, -0.2) is 0 Å². The molecule has 3 heterocycles. The summed E-state index contributed by atoms with van der Waals surface area (Å²) in [7, 11) is 5.01. The van der Waals surface area contributed by atoms with Crippen LogP contribution in [-0.2, 0) is 25.9 Å². The lowest BCUT2D eigenvalue weighted by atomic mass is 10.3. The van der Waals surface area contributed by atoms with E-state index in [9.17, 15) is 19.2 Å². The van der Waals surface area contributed by atoms with Gasteiger partial charge in [-0.15, -0.1) is 0 Å². The van der Waals surface area contributed by atoms with Crippen LogP contribution in [-0.4, -0.2) is 49.9 Å². The molecule has 0 aliphatic heterocycles. The molecular formula is C22H26N8O5. The van der Waals surface area contributed by atoms with Gasteiger partial charge in [0.25, 0.3) is 17.7 Å². The van der Waals surface area contributed by atoms with E-state index in [0.717, 1.165) is 0 Å². The molecule has 6 N–H and O–H groups in total. The maximum absolute atomic E-state index is 12.8. The van der Waals surface area contributed by atoms with Crippen molar-refractivity contribution in [3.8, 4) is 6.07 Å². The van der Waals surface area contributed by atoms with E-state index in [1.807, 2.05) is 6.07 Å². The summed E-state index contributed by atoms with van der Waals surface area (Å²) in [5.41, 5.74) is 2.26. The molecule has 0 bridgehead atoms. The van der Waals surface area contributed by atoms with E-state index in [2.05, 4.69) is 21.3 Å². The van der Waals surface area contributed by atoms with E-state index >= 15 is 0 Å². The molecule has 13 heteroatoms. The van der Waals surface area contributed by atoms with Crippen LogP contribution in [0.3, 0.4) is 0 Å². The lowest BCUT2D eigenvalue weighted by Crippen LogP contribution is -2.25. The van der Waals surface area contributed by atoms with E-state index in [-0.39, 0.29) is 30.0 Å². The van der Waals surface area contributed by atoms with E-state index in [1.165, 1.54) is 18.2 Å². The molecule has 184 valence electrons. The molecule has 35 heavy (non-hydrogen) atoms. The summed E-state index contributed by atoms with van der Waals surface area (Å²) in [5, 5.41) is 19.2. The Kier molecular flexibility index (Phi) is 8.56. The number of rotatable bonds is 9. The zero-order valence-electron chi connectivity index (χ0n) is 19.4. The Morgan fingerprint density at radius 3 is 1.71 bits per heavy atom. The highest BCUT2D eigenvalue weighted by Crippen LogP contribution is 2.19. The fourth-order valence-electron chi connectivity index (χ4n) is 3.37. The largest absolute Gasteiger partial charge is 0.412 e. The first-order chi connectivity index (χ1) is 16.2. The molecule has 0 radical (unpaired) electrons. The summed E-state index contributed by atoms with van der Waals surface area (Å²) >= 11 is 0. The number of hydrogen-bond acceptors (Lipinski definition) is 5. The van der Waals surface area contributed by atoms with Crippen molar-refractivity contribution in [2.45, 2.75) is 6.42 Å². The number of carbonyl (C=O) groups excluding carboxylic acids is 4. The Morgan fingerprint density at radius 1 is 0.829 bits per heavy atom. The smallest absolute Gasteiger partial charge is 0.272 e. The van der Waals surface area contributed by atoms with Gasteiger partial charge in [-0.05, 0) is 18.2 Å². The van der Waals surface area contributed by atoms with Crippen molar-refractivity contribution >= 4 is 41.2 Å². The number of aromatic nitrogens is 3. The molecule has 0 atom stereocenters. The van der Waals surface area contributed by atoms with Crippen LogP contribution in [0.1, 0.15) is 37.9 Å². The predicted octanol–water partition coefficient (Wildman–Crippen LogP) is 0.594. The Balaban J connectivity index is 0.00000432. The summed E-state index contributed by atoms with van der Waals surface area (Å²) in [6.45, 7) is 0.234. The lowest BCUT2D eigenvalue weighted by molar-refractivity contribution is -0.105. The molecule has 0 saturated heterocycles. The Labute approximate surface area is 200 Å². The van der Waals surface area contributed by atoms with Crippen molar-refractivity contribution in [1.82, 2.24) is 19.0 Å². The second kappa shape index (κ2) is 11.3. The van der Waals surface area contributed by atoms with Crippen LogP contribution in [0.5, 0.6) is 0 Å². The number of nitrogens with zero attached hydrogens (tertiary/aromatic N) is 4. The Morgan fingerprint density at radius 2 is 1.26 bits per heavy atom. The van der Waals surface area contributed by atoms with Crippen molar-refractivity contribution in [2.75, 3.05) is 22.5 Å². The summed E-state index contributed by atoms with van der Waals surface area (Å²) in [4.78, 5) is 48.2. The predicted molar refractivity (Wildman–Crippen MR) is 128 cm³/mol. The molecule has 13 nitrogen and oxygen atoms in total. The minimum atomic E-state index is -0.429. The summed E-state index contributed by atoms with van der Waals surface area (Å²) in [6, 6.07) is 6.54. The number of carbonyl (C=O) groups is 4. The van der Waals surface area contributed by atoms with Gasteiger partial charge < -0.3 is 40.4 Å². The molecule has 3 rings (SSSR count). The van der Waals surface area contributed by atoms with Crippen molar-refractivity contribution in [2.24, 2.45) is 21.1 Å². The summed E-state index contributed by atoms with van der Waals surface area (Å²) in [5.74, 6) is -1.19. The van der Waals surface area contributed by atoms with Crippen molar-refractivity contribution in [3.63, 3.8) is 0 Å². The highest BCUT2D eigenvalue weighted by atomic mass is 16.2. The number of nitrogens with one attached hydrogen (secondary N) is 4. The average Bonchev–Trinajstić information content (AvgIpc) is 3.44. The summed E-state index contributed by atoms with van der Waals surface area (Å²) in [6.07, 6.45) is 5.52. The molecule has 0 aliphatic carbocycles. The third kappa shape index (κ3) is 6.15. The molecule has 0 fully saturated rings. The van der Waals surface area contributed by atoms with Crippen molar-refractivity contribution < 1.29 is 24.7 Å². The third-order valence-corrected chi connectivity index (χ3v) is 4.98. The van der Waals surface area contributed by atoms with Crippen LogP contribution >= 0.6 is 0 Å². The number of nitriles is 1. The molecule has 0 aromatic carbocycles. The average molecular weight is 483 g/mol. The minimum absolute atomic E-state index is 0. The number of amides is 4. The fraction of sp³-hybridized carbons (Fsp3) is 0.227. The Bertz CT molecular complexity index is 1290. The molecule has 3 aromatic heterocycles. The van der Waals surface area contributed by atoms with Crippen molar-refractivity contribution in [1.29, 1.82) is 5.26 Å². The maximum Gasteiger partial charge on any atom is 0.272 e. The molecule has 3 aromatic rings. The third-order valence-electron chi connectivity index (χ3n) is 4.98. The zero-order valence-corrected chi connectivity index (χ0v) is 19.4. The zero-order chi connectivity index (χ0) is 24.8. The number of hydrogen-bond donors (Lipinski definition) is 4. The standard InChI is InChI=1S/C22H24N8O4.H2O/c1-28-10-14(25-13-31)7-18(28)21(33)27-16-9-19(30(3)12-16)22(34)26-15-8-17(29(2)11-15)20(32)24-6-4-5-23;/h7-13H,4,6H2,1-3H3,(H,24,32)(H,25,31)(H,26,34)(H,27,33);1H2. The monoisotopic (exact) mass is 482 g/mol. The normalized spacial score (nSPS) is 10.0. The van der Waals surface area contributed by atoms with Gasteiger partial charge in [0.05, 0.1) is 29.6 Å². The van der Waals surface area contributed by atoms with Gasteiger partial charge in [0, 0.05) is 46.3 Å². The molecular weight excluding hydrogens is 456 g/mol. The topological polar surface area (TPSA) is 186 Å². The van der Waals surface area contributed by atoms with Crippen LogP contribution in [0.15, 0.2) is 36.8 Å². The first kappa shape index (κ1) is 26.4. The van der Waals surface area contributed by atoms with Crippen molar-refractivity contribution in [3.05, 3.63) is 53.9 Å². The van der Waals surface area contributed by atoms with Crippen LogP contribution in [0.4, 0.5) is 17.1 Å². The van der Waals surface area contributed by atoms with Gasteiger partial charge in [-0.1, -0.05) is 0 Å². The molecule has 0 saturated carbocycles. The summed E-state index contributed by atoms with van der Waals surface area (Å²) < 4.78 is 4.70. The van der Waals surface area contributed by atoms with E-state index in [4.69, 9.17) is 5.26 Å². The second-order valence-corrected chi connectivity index (χ2v) is 7.51. The number of aryl methyl sites for hydroxylation is 3. The van der Waals surface area contributed by atoms with Gasteiger partial charge in [0.15, 0.2) is 0 Å². The quantitative estimate of drug-likeness (QED) is 0.256.